The Bertz CT molecular complexity index is 1620. The number of methoxy groups -OCH3 is 1. The number of nitrogens with zero attached hydrogens (tertiary/aromatic N) is 2. The molecule has 0 fully saturated rings. The van der Waals surface area contributed by atoms with Crippen LogP contribution in [0.2, 0.25) is 0 Å². The largest absolute Gasteiger partial charge is 0.497 e. The van der Waals surface area contributed by atoms with Gasteiger partial charge in [0.05, 0.1) is 13.7 Å². The maximum Gasteiger partial charge on any atom is 0.407 e. The molecule has 0 aliphatic rings. The summed E-state index contributed by atoms with van der Waals surface area (Å²) in [7, 11) is 1.57. The predicted octanol–water partition coefficient (Wildman–Crippen LogP) is 4.68. The molecule has 0 unspecified atom stereocenters. The van der Waals surface area contributed by atoms with E-state index in [1.807, 2.05) is 103 Å². The van der Waals surface area contributed by atoms with E-state index in [0.717, 1.165) is 27.2 Å². The first-order chi connectivity index (χ1) is 23.8. The topological polar surface area (TPSA) is 138 Å². The number of alkyl carbamates (subject to hydrolysis) is 1. The van der Waals surface area contributed by atoms with Gasteiger partial charge in [-0.3, -0.25) is 14.5 Å². The van der Waals surface area contributed by atoms with E-state index in [1.54, 1.807) is 19.2 Å². The van der Waals surface area contributed by atoms with Crippen molar-refractivity contribution in [2.45, 2.75) is 38.6 Å². The van der Waals surface area contributed by atoms with E-state index in [9.17, 15) is 24.3 Å². The molecule has 49 heavy (non-hydrogen) atoms. The van der Waals surface area contributed by atoms with Crippen LogP contribution in [0.5, 0.6) is 5.75 Å². The molecule has 0 heterocycles. The second-order valence-electron chi connectivity index (χ2n) is 11.2. The maximum absolute atomic E-state index is 14.2. The molecule has 0 aromatic heterocycles. The van der Waals surface area contributed by atoms with Crippen molar-refractivity contribution in [2.75, 3.05) is 26.7 Å². The molecule has 0 aliphatic heterocycles. The summed E-state index contributed by atoms with van der Waals surface area (Å²) in [6, 6.07) is 34.1. The van der Waals surface area contributed by atoms with E-state index in [0.29, 0.717) is 12.2 Å². The summed E-state index contributed by atoms with van der Waals surface area (Å²) < 4.78 is 10.5. The van der Waals surface area contributed by atoms with Crippen molar-refractivity contribution in [3.05, 3.63) is 138 Å². The molecule has 1 atom stereocenters. The number of carbonyl (C=O) groups excluding carboxylic acids is 4. The number of hydrogen-bond acceptors (Lipinski definition) is 7. The van der Waals surface area contributed by atoms with Crippen molar-refractivity contribution in [3.63, 3.8) is 0 Å². The Labute approximate surface area is 286 Å². The van der Waals surface area contributed by atoms with Crippen molar-refractivity contribution in [1.29, 1.82) is 0 Å². The fourth-order valence-electron chi connectivity index (χ4n) is 4.92. The fourth-order valence-corrected chi connectivity index (χ4v) is 4.92. The lowest BCUT2D eigenvalue weighted by Crippen LogP contribution is -2.51. The number of nitrogens with one attached hydrogen (secondary N) is 2. The van der Waals surface area contributed by atoms with Crippen LogP contribution in [-0.2, 0) is 40.4 Å². The Balaban J connectivity index is 1.46. The molecule has 0 aliphatic carbocycles. The van der Waals surface area contributed by atoms with Crippen LogP contribution in [0.25, 0.3) is 0 Å². The highest BCUT2D eigenvalue weighted by Gasteiger charge is 2.30. The van der Waals surface area contributed by atoms with E-state index in [2.05, 4.69) is 10.6 Å². The first-order valence-electron chi connectivity index (χ1n) is 16.0. The molecule has 0 bridgehead atoms. The van der Waals surface area contributed by atoms with Crippen LogP contribution >= 0.6 is 0 Å². The average Bonchev–Trinajstić information content (AvgIpc) is 3.14. The molecule has 0 radical (unpaired) electrons. The van der Waals surface area contributed by atoms with Gasteiger partial charge in [-0.2, -0.15) is 0 Å². The fraction of sp³-hybridized carbons (Fsp3) is 0.263. The molecule has 0 spiro atoms. The summed E-state index contributed by atoms with van der Waals surface area (Å²) in [6.45, 7) is -0.0881. The van der Waals surface area contributed by atoms with Gasteiger partial charge < -0.3 is 30.1 Å². The molecule has 11 nitrogen and oxygen atoms in total. The third-order valence-electron chi connectivity index (χ3n) is 7.63. The van der Waals surface area contributed by atoms with Crippen molar-refractivity contribution < 1.29 is 33.8 Å². The van der Waals surface area contributed by atoms with Crippen LogP contribution in [0.1, 0.15) is 28.7 Å². The monoisotopic (exact) mass is 666 g/mol. The highest BCUT2D eigenvalue weighted by molar-refractivity contribution is 5.95. The molecule has 4 rings (SSSR count). The van der Waals surface area contributed by atoms with Gasteiger partial charge in [0.1, 0.15) is 18.5 Å². The van der Waals surface area contributed by atoms with Gasteiger partial charge in [0, 0.05) is 32.6 Å². The van der Waals surface area contributed by atoms with Gasteiger partial charge in [-0.25, -0.2) is 9.59 Å². The van der Waals surface area contributed by atoms with Crippen molar-refractivity contribution >= 4 is 23.9 Å². The number of hydrogen-bond donors (Lipinski definition) is 3. The molecule has 3 N–H and O–H groups in total. The van der Waals surface area contributed by atoms with Crippen molar-refractivity contribution in [2.24, 2.45) is 0 Å². The minimum Gasteiger partial charge on any atom is -0.497 e. The molecular formula is C38H42N4O7. The Hall–Kier alpha value is -5.68. The number of aliphatic hydroxyl groups is 1. The van der Waals surface area contributed by atoms with E-state index in [-0.39, 0.29) is 45.8 Å². The first kappa shape index (κ1) is 36.2. The van der Waals surface area contributed by atoms with Gasteiger partial charge in [-0.05, 0) is 40.8 Å². The Morgan fingerprint density at radius 1 is 0.735 bits per heavy atom. The van der Waals surface area contributed by atoms with Crippen LogP contribution in [0, 0.1) is 0 Å². The summed E-state index contributed by atoms with van der Waals surface area (Å²) in [4.78, 5) is 55.4. The molecule has 4 aromatic rings. The third kappa shape index (κ3) is 12.1. The normalized spacial score (nSPS) is 11.1. The van der Waals surface area contributed by atoms with Gasteiger partial charge in [-0.15, -0.1) is 0 Å². The molecule has 5 amide bonds. The lowest BCUT2D eigenvalue weighted by molar-refractivity contribution is -0.130. The van der Waals surface area contributed by atoms with Gasteiger partial charge in [0.15, 0.2) is 0 Å². The van der Waals surface area contributed by atoms with Gasteiger partial charge in [0.2, 0.25) is 5.91 Å². The minimum atomic E-state index is -1.56. The Kier molecular flexibility index (Phi) is 14.2. The predicted molar refractivity (Wildman–Crippen MR) is 184 cm³/mol. The molecule has 4 aromatic carbocycles. The lowest BCUT2D eigenvalue weighted by atomic mass is 10.1. The number of aliphatic hydroxyl groups excluding tert-OH is 1. The number of ether oxygens (including phenoxy) is 2. The maximum atomic E-state index is 14.2. The number of benzene rings is 4. The lowest BCUT2D eigenvalue weighted by Gasteiger charge is -2.31. The number of carbonyl (C=O) groups is 4. The second kappa shape index (κ2) is 19.2. The van der Waals surface area contributed by atoms with E-state index < -0.39 is 30.0 Å². The summed E-state index contributed by atoms with van der Waals surface area (Å²) in [5.41, 5.74) is 3.29. The molecule has 0 saturated carbocycles. The van der Waals surface area contributed by atoms with E-state index in [1.165, 1.54) is 4.90 Å². The molecule has 0 saturated heterocycles. The van der Waals surface area contributed by atoms with Crippen molar-refractivity contribution in [3.8, 4) is 5.75 Å². The van der Waals surface area contributed by atoms with Crippen molar-refractivity contribution in [1.82, 2.24) is 20.4 Å². The summed E-state index contributed by atoms with van der Waals surface area (Å²) in [5, 5.41) is 16.2. The quantitative estimate of drug-likeness (QED) is 0.158. The summed E-state index contributed by atoms with van der Waals surface area (Å²) >= 11 is 0. The van der Waals surface area contributed by atoms with Crippen LogP contribution in [0.15, 0.2) is 115 Å². The summed E-state index contributed by atoms with van der Waals surface area (Å²) in [6.07, 6.45) is -2.10. The standard InChI is InChI=1S/C38H42N4O7/c1-48-33-19-17-29(18-20-33)22-24-42(35(44)21-23-39-37(46)49-28-32-15-9-4-10-16-32)38(47)41(26-31-13-7-3-8-14-31)27-34(43)36(45)40-25-30-11-5-2-6-12-30/h2-20,34,43H,21-28H2,1H3,(H,39,46)(H,40,45)/t34-/m0/s1. The van der Waals surface area contributed by atoms with Gasteiger partial charge >= 0.3 is 12.1 Å². The number of imide groups is 1. The Morgan fingerprint density at radius 3 is 1.94 bits per heavy atom. The molecule has 11 heteroatoms. The second-order valence-corrected chi connectivity index (χ2v) is 11.2. The van der Waals surface area contributed by atoms with E-state index >= 15 is 0 Å². The number of rotatable bonds is 16. The minimum absolute atomic E-state index is 0.0179. The van der Waals surface area contributed by atoms with Gasteiger partial charge in [0.25, 0.3) is 5.91 Å². The average molecular weight is 667 g/mol. The zero-order valence-electron chi connectivity index (χ0n) is 27.5. The van der Waals surface area contributed by atoms with Crippen LogP contribution in [-0.4, -0.2) is 71.7 Å². The summed E-state index contributed by atoms with van der Waals surface area (Å²) in [5.74, 6) is -0.515. The zero-order valence-corrected chi connectivity index (χ0v) is 27.5. The van der Waals surface area contributed by atoms with E-state index in [4.69, 9.17) is 9.47 Å². The highest BCUT2D eigenvalue weighted by Crippen LogP contribution is 2.15. The number of amides is 5. The first-order valence-corrected chi connectivity index (χ1v) is 16.0. The molecule has 256 valence electrons. The smallest absolute Gasteiger partial charge is 0.407 e. The van der Waals surface area contributed by atoms with Crippen LogP contribution in [0.3, 0.4) is 0 Å². The Morgan fingerprint density at radius 2 is 1.33 bits per heavy atom. The zero-order chi connectivity index (χ0) is 34.8. The van der Waals surface area contributed by atoms with Crippen LogP contribution < -0.4 is 15.4 Å². The van der Waals surface area contributed by atoms with Gasteiger partial charge in [-0.1, -0.05) is 103 Å². The highest BCUT2D eigenvalue weighted by atomic mass is 16.5. The number of urea groups is 1. The SMILES string of the molecule is COc1ccc(CCN(C(=O)CCNC(=O)OCc2ccccc2)C(=O)N(Cc2ccccc2)C[C@H](O)C(=O)NCc2ccccc2)cc1. The van der Waals surface area contributed by atoms with Crippen LogP contribution in [0.4, 0.5) is 9.59 Å². The molecular weight excluding hydrogens is 624 g/mol. The third-order valence-corrected chi connectivity index (χ3v) is 7.63.